The first-order valence-corrected chi connectivity index (χ1v) is 8.67. The highest BCUT2D eigenvalue weighted by Crippen LogP contribution is 2.13. The third-order valence-electron chi connectivity index (χ3n) is 3.79. The fourth-order valence-electron chi connectivity index (χ4n) is 2.44. The van der Waals surface area contributed by atoms with Crippen molar-refractivity contribution >= 4 is 29.0 Å². The van der Waals surface area contributed by atoms with E-state index in [9.17, 15) is 9.18 Å². The molecule has 4 nitrogen and oxygen atoms in total. The molecule has 0 unspecified atom stereocenters. The number of hydrogen-bond donors (Lipinski definition) is 2. The summed E-state index contributed by atoms with van der Waals surface area (Å²) in [5.41, 5.74) is 5.53. The van der Waals surface area contributed by atoms with Crippen LogP contribution >= 0.6 is 11.6 Å². The van der Waals surface area contributed by atoms with Gasteiger partial charge in [-0.3, -0.25) is 0 Å². The minimum atomic E-state index is -0.468. The summed E-state index contributed by atoms with van der Waals surface area (Å²) in [4.78, 5) is 12.1. The second-order valence-corrected chi connectivity index (χ2v) is 6.24. The molecule has 0 aliphatic rings. The average Bonchev–Trinajstić information content (AvgIpc) is 2.69. The van der Waals surface area contributed by atoms with Crippen LogP contribution in [0.3, 0.4) is 0 Å². The first-order valence-electron chi connectivity index (χ1n) is 8.29. The Hall–Kier alpha value is -3.18. The Balaban J connectivity index is 1.74. The average molecular weight is 382 g/mol. The van der Waals surface area contributed by atoms with Crippen LogP contribution in [-0.2, 0) is 6.42 Å². The zero-order valence-electron chi connectivity index (χ0n) is 14.3. The monoisotopic (exact) mass is 381 g/mol. The molecule has 6 heteroatoms. The van der Waals surface area contributed by atoms with E-state index in [0.717, 1.165) is 11.1 Å². The van der Waals surface area contributed by atoms with Gasteiger partial charge in [-0.2, -0.15) is 5.10 Å². The molecule has 0 aliphatic carbocycles. The molecule has 0 bridgehead atoms. The number of urea groups is 1. The SMILES string of the molecule is O=C(NN=C(Cc1ccc(F)cc1)c1ccccc1)Nc1ccc(Cl)cc1. The molecule has 0 spiro atoms. The molecule has 0 radical (unpaired) electrons. The lowest BCUT2D eigenvalue weighted by atomic mass is 10.0. The van der Waals surface area contributed by atoms with Crippen LogP contribution in [0.4, 0.5) is 14.9 Å². The first kappa shape index (κ1) is 18.6. The number of carbonyl (C=O) groups is 1. The van der Waals surface area contributed by atoms with E-state index in [2.05, 4.69) is 15.8 Å². The van der Waals surface area contributed by atoms with Crippen molar-refractivity contribution in [1.29, 1.82) is 0 Å². The van der Waals surface area contributed by atoms with Gasteiger partial charge in [0.25, 0.3) is 0 Å². The van der Waals surface area contributed by atoms with Crippen molar-refractivity contribution in [3.05, 3.63) is 101 Å². The fourth-order valence-corrected chi connectivity index (χ4v) is 2.57. The van der Waals surface area contributed by atoms with Crippen molar-refractivity contribution in [3.8, 4) is 0 Å². The summed E-state index contributed by atoms with van der Waals surface area (Å²) in [6.45, 7) is 0. The van der Waals surface area contributed by atoms with Gasteiger partial charge in [-0.25, -0.2) is 14.6 Å². The Labute approximate surface area is 161 Å². The number of nitrogens with one attached hydrogen (secondary N) is 2. The number of rotatable bonds is 5. The summed E-state index contributed by atoms with van der Waals surface area (Å²) < 4.78 is 13.1. The minimum Gasteiger partial charge on any atom is -0.307 e. The molecule has 3 aromatic carbocycles. The third-order valence-corrected chi connectivity index (χ3v) is 4.04. The smallest absolute Gasteiger partial charge is 0.307 e. The van der Waals surface area contributed by atoms with Gasteiger partial charge in [-0.15, -0.1) is 0 Å². The molecule has 27 heavy (non-hydrogen) atoms. The predicted octanol–water partition coefficient (Wildman–Crippen LogP) is 5.25. The molecule has 0 aliphatic heterocycles. The molecule has 0 fully saturated rings. The molecule has 0 heterocycles. The molecule has 136 valence electrons. The second kappa shape index (κ2) is 8.96. The number of nitrogens with zero attached hydrogens (tertiary/aromatic N) is 1. The maximum Gasteiger partial charge on any atom is 0.339 e. The van der Waals surface area contributed by atoms with Gasteiger partial charge in [-0.05, 0) is 47.5 Å². The second-order valence-electron chi connectivity index (χ2n) is 5.80. The Kier molecular flexibility index (Phi) is 6.18. The zero-order valence-corrected chi connectivity index (χ0v) is 15.1. The molecule has 3 rings (SSSR count). The van der Waals surface area contributed by atoms with Crippen molar-refractivity contribution in [2.45, 2.75) is 6.42 Å². The van der Waals surface area contributed by atoms with E-state index in [1.54, 1.807) is 36.4 Å². The summed E-state index contributed by atoms with van der Waals surface area (Å²) in [6.07, 6.45) is 0.450. The summed E-state index contributed by atoms with van der Waals surface area (Å²) in [7, 11) is 0. The summed E-state index contributed by atoms with van der Waals surface area (Å²) in [6, 6.07) is 22.0. The van der Waals surface area contributed by atoms with Crippen LogP contribution in [0.15, 0.2) is 84.0 Å². The van der Waals surface area contributed by atoms with Crippen molar-refractivity contribution in [2.75, 3.05) is 5.32 Å². The zero-order chi connectivity index (χ0) is 19.1. The maximum atomic E-state index is 13.1. The topological polar surface area (TPSA) is 53.5 Å². The van der Waals surface area contributed by atoms with Crippen molar-refractivity contribution < 1.29 is 9.18 Å². The molecule has 0 saturated carbocycles. The maximum absolute atomic E-state index is 13.1. The number of anilines is 1. The van der Waals surface area contributed by atoms with E-state index >= 15 is 0 Å². The van der Waals surface area contributed by atoms with Gasteiger partial charge < -0.3 is 5.32 Å². The molecule has 2 amide bonds. The van der Waals surface area contributed by atoms with Crippen LogP contribution in [-0.4, -0.2) is 11.7 Å². The van der Waals surface area contributed by atoms with Crippen LogP contribution in [0.2, 0.25) is 5.02 Å². The summed E-state index contributed by atoms with van der Waals surface area (Å²) >= 11 is 5.83. The summed E-state index contributed by atoms with van der Waals surface area (Å²) in [5, 5.41) is 7.53. The number of hydrazone groups is 1. The van der Waals surface area contributed by atoms with Gasteiger partial charge >= 0.3 is 6.03 Å². The lowest BCUT2D eigenvalue weighted by Gasteiger charge is -2.09. The van der Waals surface area contributed by atoms with E-state index in [0.29, 0.717) is 22.8 Å². The minimum absolute atomic E-state index is 0.294. The number of amides is 2. The Morgan fingerprint density at radius 1 is 0.926 bits per heavy atom. The highest BCUT2D eigenvalue weighted by molar-refractivity contribution is 6.30. The van der Waals surface area contributed by atoms with Gasteiger partial charge in [0.2, 0.25) is 0 Å². The summed E-state index contributed by atoms with van der Waals surface area (Å²) in [5.74, 6) is -0.294. The van der Waals surface area contributed by atoms with Gasteiger partial charge in [-0.1, -0.05) is 54.1 Å². The van der Waals surface area contributed by atoms with Gasteiger partial charge in [0.1, 0.15) is 5.82 Å². The van der Waals surface area contributed by atoms with E-state index in [-0.39, 0.29) is 5.82 Å². The van der Waals surface area contributed by atoms with Gasteiger partial charge in [0, 0.05) is 17.1 Å². The standard InChI is InChI=1S/C21H17ClFN3O/c22-17-8-12-19(13-9-17)24-21(27)26-25-20(16-4-2-1-3-5-16)14-15-6-10-18(23)11-7-15/h1-13H,14H2,(H2,24,26,27). The first-order chi connectivity index (χ1) is 13.1. The number of hydrogen-bond acceptors (Lipinski definition) is 2. The molecular weight excluding hydrogens is 365 g/mol. The number of halogens is 2. The lowest BCUT2D eigenvalue weighted by Crippen LogP contribution is -2.26. The molecule has 2 N–H and O–H groups in total. The van der Waals surface area contributed by atoms with Crippen LogP contribution < -0.4 is 10.7 Å². The highest BCUT2D eigenvalue weighted by atomic mass is 35.5. The molecule has 0 saturated heterocycles. The van der Waals surface area contributed by atoms with Gasteiger partial charge in [0.15, 0.2) is 0 Å². The van der Waals surface area contributed by atoms with E-state index in [1.165, 1.54) is 12.1 Å². The van der Waals surface area contributed by atoms with Crippen LogP contribution in [0.1, 0.15) is 11.1 Å². The van der Waals surface area contributed by atoms with Crippen molar-refractivity contribution in [2.24, 2.45) is 5.10 Å². The quantitative estimate of drug-likeness (QED) is 0.460. The number of carbonyl (C=O) groups excluding carboxylic acids is 1. The molecular formula is C21H17ClFN3O. The highest BCUT2D eigenvalue weighted by Gasteiger charge is 2.07. The van der Waals surface area contributed by atoms with Crippen molar-refractivity contribution in [1.82, 2.24) is 5.43 Å². The predicted molar refractivity (Wildman–Crippen MR) is 107 cm³/mol. The van der Waals surface area contributed by atoms with Gasteiger partial charge in [0.05, 0.1) is 5.71 Å². The Morgan fingerprint density at radius 3 is 2.26 bits per heavy atom. The number of benzene rings is 3. The molecule has 0 aromatic heterocycles. The Morgan fingerprint density at radius 2 is 1.59 bits per heavy atom. The van der Waals surface area contributed by atoms with E-state index in [4.69, 9.17) is 11.6 Å². The normalized spacial score (nSPS) is 11.1. The van der Waals surface area contributed by atoms with Crippen LogP contribution in [0, 0.1) is 5.82 Å². The largest absolute Gasteiger partial charge is 0.339 e. The fraction of sp³-hybridized carbons (Fsp3) is 0.0476. The lowest BCUT2D eigenvalue weighted by molar-refractivity contribution is 0.252. The van der Waals surface area contributed by atoms with Crippen LogP contribution in [0.25, 0.3) is 0 Å². The molecule has 0 atom stereocenters. The Bertz CT molecular complexity index is 926. The van der Waals surface area contributed by atoms with E-state index < -0.39 is 6.03 Å². The molecule has 3 aromatic rings. The van der Waals surface area contributed by atoms with E-state index in [1.807, 2.05) is 30.3 Å². The van der Waals surface area contributed by atoms with Crippen LogP contribution in [0.5, 0.6) is 0 Å². The van der Waals surface area contributed by atoms with Crippen molar-refractivity contribution in [3.63, 3.8) is 0 Å². The third kappa shape index (κ3) is 5.66.